The third-order valence-electron chi connectivity index (χ3n) is 5.97. The van der Waals surface area contributed by atoms with Crippen molar-refractivity contribution < 1.29 is 22.7 Å². The molecule has 0 unspecified atom stereocenters. The molecule has 0 saturated carbocycles. The molecule has 1 amide bonds. The molecule has 160 valence electrons. The molecule has 3 saturated heterocycles. The van der Waals surface area contributed by atoms with E-state index in [0.29, 0.717) is 50.9 Å². The van der Waals surface area contributed by atoms with E-state index in [1.165, 1.54) is 16.4 Å². The van der Waals surface area contributed by atoms with Crippen LogP contribution >= 0.6 is 11.6 Å². The van der Waals surface area contributed by atoms with Gasteiger partial charge in [0, 0.05) is 37.7 Å². The second-order valence-corrected chi connectivity index (χ2v) is 10.2. The second-order valence-electron chi connectivity index (χ2n) is 7.85. The van der Waals surface area contributed by atoms with Crippen LogP contribution in [0.25, 0.3) is 0 Å². The van der Waals surface area contributed by atoms with Gasteiger partial charge < -0.3 is 14.4 Å². The Labute approximate surface area is 176 Å². The molecule has 0 aromatic heterocycles. The molecule has 0 radical (unpaired) electrons. The number of amides is 1. The molecular weight excluding hydrogens is 416 g/mol. The van der Waals surface area contributed by atoms with E-state index in [1.54, 1.807) is 11.0 Å². The number of ether oxygens (including phenoxy) is 2. The van der Waals surface area contributed by atoms with E-state index in [-0.39, 0.29) is 22.1 Å². The van der Waals surface area contributed by atoms with Crippen molar-refractivity contribution in [2.24, 2.45) is 5.92 Å². The molecule has 3 heterocycles. The van der Waals surface area contributed by atoms with Crippen LogP contribution in [0, 0.1) is 5.92 Å². The highest BCUT2D eigenvalue weighted by atomic mass is 35.5. The van der Waals surface area contributed by atoms with Gasteiger partial charge in [0.1, 0.15) is 4.90 Å². The number of piperidine rings is 2. The van der Waals surface area contributed by atoms with Gasteiger partial charge in [0.2, 0.25) is 10.0 Å². The van der Waals surface area contributed by atoms with Crippen molar-refractivity contribution in [2.45, 2.75) is 43.3 Å². The largest absolute Gasteiger partial charge is 0.350 e. The zero-order valence-electron chi connectivity index (χ0n) is 16.4. The number of benzene rings is 1. The molecule has 3 aliphatic rings. The Morgan fingerprint density at radius 3 is 2.31 bits per heavy atom. The quantitative estimate of drug-likeness (QED) is 0.716. The molecule has 0 N–H and O–H groups in total. The van der Waals surface area contributed by atoms with Gasteiger partial charge in [-0.05, 0) is 43.9 Å². The van der Waals surface area contributed by atoms with Crippen LogP contribution in [0.3, 0.4) is 0 Å². The first kappa shape index (κ1) is 21.1. The fourth-order valence-corrected chi connectivity index (χ4v) is 6.30. The molecule has 4 rings (SSSR count). The van der Waals surface area contributed by atoms with E-state index in [1.807, 2.05) is 0 Å². The SMILES string of the molecule is O=C(c1ccc(Cl)c(S(=O)(=O)N2CCCCC2)c1)N1CCC(C2OCCO2)CC1. The summed E-state index contributed by atoms with van der Waals surface area (Å²) in [5.41, 5.74) is 0.358. The van der Waals surface area contributed by atoms with Gasteiger partial charge in [0.05, 0.1) is 18.2 Å². The summed E-state index contributed by atoms with van der Waals surface area (Å²) in [6.07, 6.45) is 4.18. The third kappa shape index (κ3) is 4.46. The van der Waals surface area contributed by atoms with Gasteiger partial charge in [-0.15, -0.1) is 0 Å². The highest BCUT2D eigenvalue weighted by molar-refractivity contribution is 7.89. The number of carbonyl (C=O) groups excluding carboxylic acids is 1. The lowest BCUT2D eigenvalue weighted by molar-refractivity contribution is -0.0956. The standard InChI is InChI=1S/C20H27ClN2O5S/c21-17-5-4-16(14-18(17)29(25,26)23-8-2-1-3-9-23)19(24)22-10-6-15(7-11-22)20-27-12-13-28-20/h4-5,14-15,20H,1-3,6-13H2. The van der Waals surface area contributed by atoms with E-state index < -0.39 is 10.0 Å². The Kier molecular flexibility index (Phi) is 6.46. The van der Waals surface area contributed by atoms with Gasteiger partial charge in [0.25, 0.3) is 5.91 Å². The third-order valence-corrected chi connectivity index (χ3v) is 8.35. The predicted molar refractivity (Wildman–Crippen MR) is 108 cm³/mol. The van der Waals surface area contributed by atoms with Gasteiger partial charge >= 0.3 is 0 Å². The molecule has 0 bridgehead atoms. The topological polar surface area (TPSA) is 76.2 Å². The van der Waals surface area contributed by atoms with Crippen LogP contribution < -0.4 is 0 Å². The van der Waals surface area contributed by atoms with Gasteiger partial charge in [0.15, 0.2) is 6.29 Å². The Hall–Kier alpha value is -1.19. The molecule has 0 atom stereocenters. The predicted octanol–water partition coefficient (Wildman–Crippen LogP) is 2.74. The highest BCUT2D eigenvalue weighted by Crippen LogP contribution is 2.30. The maximum atomic E-state index is 13.0. The molecule has 0 aliphatic carbocycles. The highest BCUT2D eigenvalue weighted by Gasteiger charge is 2.33. The number of hydrogen-bond acceptors (Lipinski definition) is 5. The summed E-state index contributed by atoms with van der Waals surface area (Å²) in [7, 11) is -3.70. The first-order valence-corrected chi connectivity index (χ1v) is 12.1. The van der Waals surface area contributed by atoms with Crippen LogP contribution in [0.15, 0.2) is 23.1 Å². The van der Waals surface area contributed by atoms with Crippen molar-refractivity contribution in [3.63, 3.8) is 0 Å². The summed E-state index contributed by atoms with van der Waals surface area (Å²) in [6.45, 7) is 3.45. The molecule has 29 heavy (non-hydrogen) atoms. The van der Waals surface area contributed by atoms with Crippen molar-refractivity contribution in [3.8, 4) is 0 Å². The van der Waals surface area contributed by atoms with Crippen LogP contribution in [-0.4, -0.2) is 69.2 Å². The van der Waals surface area contributed by atoms with E-state index in [0.717, 1.165) is 32.1 Å². The number of nitrogens with zero attached hydrogens (tertiary/aromatic N) is 2. The van der Waals surface area contributed by atoms with Gasteiger partial charge in [-0.2, -0.15) is 4.31 Å². The lowest BCUT2D eigenvalue weighted by Gasteiger charge is -2.34. The Balaban J connectivity index is 1.47. The van der Waals surface area contributed by atoms with Crippen molar-refractivity contribution >= 4 is 27.5 Å². The maximum Gasteiger partial charge on any atom is 0.253 e. The lowest BCUT2D eigenvalue weighted by Crippen LogP contribution is -2.41. The van der Waals surface area contributed by atoms with E-state index >= 15 is 0 Å². The van der Waals surface area contributed by atoms with Crippen molar-refractivity contribution in [2.75, 3.05) is 39.4 Å². The van der Waals surface area contributed by atoms with E-state index in [2.05, 4.69) is 0 Å². The summed E-state index contributed by atoms with van der Waals surface area (Å²) < 4.78 is 38.7. The minimum Gasteiger partial charge on any atom is -0.350 e. The normalized spacial score (nSPS) is 22.9. The van der Waals surface area contributed by atoms with Crippen LogP contribution in [0.2, 0.25) is 5.02 Å². The fraction of sp³-hybridized carbons (Fsp3) is 0.650. The fourth-order valence-electron chi connectivity index (χ4n) is 4.28. The Morgan fingerprint density at radius 1 is 1.00 bits per heavy atom. The van der Waals surface area contributed by atoms with E-state index in [4.69, 9.17) is 21.1 Å². The molecule has 3 aliphatic heterocycles. The van der Waals surface area contributed by atoms with Gasteiger partial charge in [-0.25, -0.2) is 8.42 Å². The number of carbonyl (C=O) groups is 1. The average molecular weight is 443 g/mol. The molecule has 7 nitrogen and oxygen atoms in total. The molecule has 1 aromatic carbocycles. The zero-order chi connectivity index (χ0) is 20.4. The molecule has 1 aromatic rings. The molecule has 9 heteroatoms. The average Bonchev–Trinajstić information content (AvgIpc) is 3.29. The number of rotatable bonds is 4. The summed E-state index contributed by atoms with van der Waals surface area (Å²) >= 11 is 6.22. The van der Waals surface area contributed by atoms with Gasteiger partial charge in [-0.3, -0.25) is 4.79 Å². The first-order chi connectivity index (χ1) is 14.0. The minimum absolute atomic E-state index is 0.0227. The number of hydrogen-bond donors (Lipinski definition) is 0. The van der Waals surface area contributed by atoms with E-state index in [9.17, 15) is 13.2 Å². The summed E-state index contributed by atoms with van der Waals surface area (Å²) in [6, 6.07) is 4.55. The minimum atomic E-state index is -3.70. The molecule has 3 fully saturated rings. The number of halogens is 1. The second kappa shape index (κ2) is 8.89. The number of likely N-dealkylation sites (tertiary alicyclic amines) is 1. The first-order valence-electron chi connectivity index (χ1n) is 10.3. The maximum absolute atomic E-state index is 13.0. The Bertz CT molecular complexity index is 842. The van der Waals surface area contributed by atoms with Crippen molar-refractivity contribution in [3.05, 3.63) is 28.8 Å². The number of sulfonamides is 1. The monoisotopic (exact) mass is 442 g/mol. The zero-order valence-corrected chi connectivity index (χ0v) is 18.0. The van der Waals surface area contributed by atoms with Crippen molar-refractivity contribution in [1.82, 2.24) is 9.21 Å². The smallest absolute Gasteiger partial charge is 0.253 e. The summed E-state index contributed by atoms with van der Waals surface area (Å²) in [4.78, 5) is 14.8. The van der Waals surface area contributed by atoms with Crippen LogP contribution in [0.1, 0.15) is 42.5 Å². The summed E-state index contributed by atoms with van der Waals surface area (Å²) in [5, 5.41) is 0.154. The Morgan fingerprint density at radius 2 is 1.66 bits per heavy atom. The van der Waals surface area contributed by atoms with Crippen LogP contribution in [0.5, 0.6) is 0 Å². The molecule has 0 spiro atoms. The summed E-state index contributed by atoms with van der Waals surface area (Å²) in [5.74, 6) is 0.130. The van der Waals surface area contributed by atoms with Gasteiger partial charge in [-0.1, -0.05) is 18.0 Å². The van der Waals surface area contributed by atoms with Crippen molar-refractivity contribution in [1.29, 1.82) is 0 Å². The van der Waals surface area contributed by atoms with Crippen LogP contribution in [0.4, 0.5) is 0 Å². The molecular formula is C20H27ClN2O5S. The lowest BCUT2D eigenvalue weighted by atomic mass is 9.95. The van der Waals surface area contributed by atoms with Crippen LogP contribution in [-0.2, 0) is 19.5 Å².